The molecule has 2 N–H and O–H groups in total. The minimum atomic E-state index is 0.489. The smallest absolute Gasteiger partial charge is 0.212 e. The first-order chi connectivity index (χ1) is 14.1. The number of hydrogen-bond acceptors (Lipinski definition) is 7. The van der Waals surface area contributed by atoms with Crippen molar-refractivity contribution in [1.29, 1.82) is 0 Å². The van der Waals surface area contributed by atoms with Gasteiger partial charge in [-0.15, -0.1) is 11.3 Å². The van der Waals surface area contributed by atoms with Gasteiger partial charge in [0.1, 0.15) is 5.82 Å². The number of anilines is 1. The average Bonchev–Trinajstić information content (AvgIpc) is 3.40. The molecule has 0 unspecified atom stereocenters. The summed E-state index contributed by atoms with van der Waals surface area (Å²) in [5.41, 5.74) is 9.64. The number of ether oxygens (including phenoxy) is 3. The first-order valence-electron chi connectivity index (χ1n) is 8.82. The molecule has 148 valence electrons. The molecule has 0 amide bonds. The number of aromatic nitrogens is 3. The first kappa shape index (κ1) is 18.8. The molecule has 0 aliphatic rings. The standard InChI is InChI=1S/C21H20N4O3S/c1-26-17-9-14(10-18(27-2)20(17)28-3)15-11-19(22)25(24-15)21-23-16(12-29-21)13-7-5-4-6-8-13/h4-12H,22H2,1-3H3. The lowest BCUT2D eigenvalue weighted by atomic mass is 10.1. The first-order valence-corrected chi connectivity index (χ1v) is 9.69. The molecule has 0 fully saturated rings. The van der Waals surface area contributed by atoms with Gasteiger partial charge < -0.3 is 19.9 Å². The summed E-state index contributed by atoms with van der Waals surface area (Å²) in [4.78, 5) is 4.68. The molecule has 29 heavy (non-hydrogen) atoms. The molecule has 0 saturated carbocycles. The van der Waals surface area contributed by atoms with Crippen LogP contribution in [-0.2, 0) is 0 Å². The molecular formula is C21H20N4O3S. The molecular weight excluding hydrogens is 388 g/mol. The Balaban J connectivity index is 1.73. The highest BCUT2D eigenvalue weighted by Gasteiger charge is 2.18. The third-order valence-electron chi connectivity index (χ3n) is 4.44. The Kier molecular flexibility index (Phi) is 5.09. The number of methoxy groups -OCH3 is 3. The van der Waals surface area contributed by atoms with E-state index in [0.29, 0.717) is 33.9 Å². The van der Waals surface area contributed by atoms with Crippen molar-refractivity contribution in [2.75, 3.05) is 27.1 Å². The van der Waals surface area contributed by atoms with Crippen LogP contribution in [0.3, 0.4) is 0 Å². The third-order valence-corrected chi connectivity index (χ3v) is 5.26. The zero-order chi connectivity index (χ0) is 20.4. The van der Waals surface area contributed by atoms with Gasteiger partial charge in [0.15, 0.2) is 11.5 Å². The number of thiazole rings is 1. The van der Waals surface area contributed by atoms with Crippen molar-refractivity contribution in [2.45, 2.75) is 0 Å². The highest BCUT2D eigenvalue weighted by Crippen LogP contribution is 2.41. The Bertz CT molecular complexity index is 1110. The molecule has 4 aromatic rings. The van der Waals surface area contributed by atoms with Gasteiger partial charge in [0.05, 0.1) is 32.7 Å². The summed E-state index contributed by atoms with van der Waals surface area (Å²) in [7, 11) is 4.73. The average molecular weight is 408 g/mol. The second-order valence-electron chi connectivity index (χ2n) is 6.16. The van der Waals surface area contributed by atoms with Gasteiger partial charge in [-0.2, -0.15) is 9.78 Å². The van der Waals surface area contributed by atoms with Crippen LogP contribution in [0.5, 0.6) is 17.2 Å². The second-order valence-corrected chi connectivity index (χ2v) is 7.00. The molecule has 0 spiro atoms. The summed E-state index contributed by atoms with van der Waals surface area (Å²) < 4.78 is 17.9. The molecule has 0 saturated heterocycles. The van der Waals surface area contributed by atoms with Crippen LogP contribution in [0.25, 0.3) is 27.6 Å². The quantitative estimate of drug-likeness (QED) is 0.513. The van der Waals surface area contributed by atoms with Crippen LogP contribution >= 0.6 is 11.3 Å². The van der Waals surface area contributed by atoms with Crippen LogP contribution in [0.1, 0.15) is 0 Å². The lowest BCUT2D eigenvalue weighted by molar-refractivity contribution is 0.324. The van der Waals surface area contributed by atoms with E-state index in [0.717, 1.165) is 16.8 Å². The third kappa shape index (κ3) is 3.50. The lowest BCUT2D eigenvalue weighted by Crippen LogP contribution is -2.01. The number of benzene rings is 2. The number of rotatable bonds is 6. The summed E-state index contributed by atoms with van der Waals surface area (Å²) in [6, 6.07) is 15.5. The van der Waals surface area contributed by atoms with Crippen molar-refractivity contribution >= 4 is 17.2 Å². The van der Waals surface area contributed by atoms with Crippen LogP contribution in [0.2, 0.25) is 0 Å². The molecule has 0 radical (unpaired) electrons. The predicted molar refractivity (Wildman–Crippen MR) is 114 cm³/mol. The molecule has 0 aliphatic heterocycles. The molecule has 0 aliphatic carbocycles. The topological polar surface area (TPSA) is 84.4 Å². The van der Waals surface area contributed by atoms with E-state index in [1.165, 1.54) is 11.3 Å². The maximum absolute atomic E-state index is 6.24. The Morgan fingerprint density at radius 3 is 2.17 bits per heavy atom. The van der Waals surface area contributed by atoms with Crippen molar-refractivity contribution in [3.05, 3.63) is 53.9 Å². The molecule has 2 aromatic heterocycles. The van der Waals surface area contributed by atoms with E-state index in [1.807, 2.05) is 47.8 Å². The number of nitrogens with zero attached hydrogens (tertiary/aromatic N) is 3. The van der Waals surface area contributed by atoms with Crippen molar-refractivity contribution in [3.8, 4) is 44.9 Å². The maximum atomic E-state index is 6.24. The Labute approximate surface area is 172 Å². The summed E-state index contributed by atoms with van der Waals surface area (Å²) in [6.45, 7) is 0. The van der Waals surface area contributed by atoms with Crippen LogP contribution < -0.4 is 19.9 Å². The van der Waals surface area contributed by atoms with Gasteiger partial charge in [-0.25, -0.2) is 4.98 Å². The van der Waals surface area contributed by atoms with Crippen molar-refractivity contribution in [2.24, 2.45) is 0 Å². The fraction of sp³-hybridized carbons (Fsp3) is 0.143. The van der Waals surface area contributed by atoms with E-state index in [4.69, 9.17) is 19.9 Å². The SMILES string of the molecule is COc1cc(-c2cc(N)n(-c3nc(-c4ccccc4)cs3)n2)cc(OC)c1OC. The fourth-order valence-corrected chi connectivity index (χ4v) is 3.82. The van der Waals surface area contributed by atoms with E-state index < -0.39 is 0 Å². The highest BCUT2D eigenvalue weighted by molar-refractivity contribution is 7.12. The van der Waals surface area contributed by atoms with Gasteiger partial charge in [-0.3, -0.25) is 0 Å². The number of nitrogens with two attached hydrogens (primary N) is 1. The van der Waals surface area contributed by atoms with E-state index in [-0.39, 0.29) is 0 Å². The molecule has 7 nitrogen and oxygen atoms in total. The lowest BCUT2D eigenvalue weighted by Gasteiger charge is -2.13. The zero-order valence-electron chi connectivity index (χ0n) is 16.2. The molecule has 8 heteroatoms. The summed E-state index contributed by atoms with van der Waals surface area (Å²) in [5.74, 6) is 2.12. The minimum Gasteiger partial charge on any atom is -0.493 e. The van der Waals surface area contributed by atoms with Crippen molar-refractivity contribution < 1.29 is 14.2 Å². The molecule has 4 rings (SSSR count). The van der Waals surface area contributed by atoms with Crippen LogP contribution in [0.4, 0.5) is 5.82 Å². The minimum absolute atomic E-state index is 0.489. The maximum Gasteiger partial charge on any atom is 0.212 e. The van der Waals surface area contributed by atoms with Gasteiger partial charge in [-0.05, 0) is 12.1 Å². The molecule has 0 atom stereocenters. The normalized spacial score (nSPS) is 10.7. The summed E-state index contributed by atoms with van der Waals surface area (Å²) in [5, 5.41) is 7.34. The van der Waals surface area contributed by atoms with E-state index in [2.05, 4.69) is 10.1 Å². The van der Waals surface area contributed by atoms with Crippen LogP contribution in [-0.4, -0.2) is 36.1 Å². The van der Waals surface area contributed by atoms with Crippen molar-refractivity contribution in [1.82, 2.24) is 14.8 Å². The fourth-order valence-electron chi connectivity index (χ4n) is 3.02. The van der Waals surface area contributed by atoms with E-state index in [9.17, 15) is 0 Å². The second kappa shape index (κ2) is 7.84. The molecule has 0 bridgehead atoms. The van der Waals surface area contributed by atoms with Gasteiger partial charge >= 0.3 is 0 Å². The Morgan fingerprint density at radius 2 is 1.55 bits per heavy atom. The predicted octanol–water partition coefficient (Wildman–Crippen LogP) is 4.27. The van der Waals surface area contributed by atoms with Crippen LogP contribution in [0.15, 0.2) is 53.9 Å². The molecule has 2 aromatic carbocycles. The summed E-state index contributed by atoms with van der Waals surface area (Å²) >= 11 is 1.48. The number of hydrogen-bond donors (Lipinski definition) is 1. The number of nitrogen functional groups attached to an aromatic ring is 1. The molecule has 2 heterocycles. The Morgan fingerprint density at radius 1 is 0.862 bits per heavy atom. The Hall–Kier alpha value is -3.52. The largest absolute Gasteiger partial charge is 0.493 e. The summed E-state index contributed by atoms with van der Waals surface area (Å²) in [6.07, 6.45) is 0. The highest BCUT2D eigenvalue weighted by atomic mass is 32.1. The van der Waals surface area contributed by atoms with E-state index >= 15 is 0 Å². The van der Waals surface area contributed by atoms with Crippen LogP contribution in [0, 0.1) is 0 Å². The van der Waals surface area contributed by atoms with Gasteiger partial charge in [0, 0.05) is 22.6 Å². The van der Waals surface area contributed by atoms with E-state index in [1.54, 1.807) is 32.1 Å². The van der Waals surface area contributed by atoms with Gasteiger partial charge in [0.25, 0.3) is 0 Å². The zero-order valence-corrected chi connectivity index (χ0v) is 17.1. The van der Waals surface area contributed by atoms with Gasteiger partial charge in [-0.1, -0.05) is 30.3 Å². The van der Waals surface area contributed by atoms with Crippen molar-refractivity contribution in [3.63, 3.8) is 0 Å². The monoisotopic (exact) mass is 408 g/mol. The van der Waals surface area contributed by atoms with Gasteiger partial charge in [0.2, 0.25) is 10.9 Å².